The van der Waals surface area contributed by atoms with Crippen LogP contribution in [0.3, 0.4) is 0 Å². The highest BCUT2D eigenvalue weighted by Crippen LogP contribution is 2.69. The van der Waals surface area contributed by atoms with Gasteiger partial charge in [-0.25, -0.2) is 34.2 Å². The summed E-state index contributed by atoms with van der Waals surface area (Å²) in [6, 6.07) is 0. The first-order valence-corrected chi connectivity index (χ1v) is 21.7. The van der Waals surface area contributed by atoms with E-state index in [1.807, 2.05) is 0 Å². The maximum Gasteiger partial charge on any atom is 0.347 e. The van der Waals surface area contributed by atoms with Crippen LogP contribution in [0.2, 0.25) is 0 Å². The van der Waals surface area contributed by atoms with Gasteiger partial charge >= 0.3 is 30.4 Å². The van der Waals surface area contributed by atoms with Gasteiger partial charge in [0.15, 0.2) is 34.7 Å². The predicted octanol–water partition coefficient (Wildman–Crippen LogP) is -0.166. The minimum atomic E-state index is -5.46. The molecule has 2 fully saturated rings. The molecule has 4 aromatic heterocycles. The summed E-state index contributed by atoms with van der Waals surface area (Å²) in [6.45, 7) is -1.53. The fourth-order valence-electron chi connectivity index (χ4n) is 5.40. The Morgan fingerprint density at radius 3 is 1.45 bits per heavy atom. The summed E-state index contributed by atoms with van der Waals surface area (Å²) < 4.78 is 78.8. The van der Waals surface area contributed by atoms with Gasteiger partial charge in [-0.2, -0.15) is 0 Å². The van der Waals surface area contributed by atoms with Crippen molar-refractivity contribution in [2.24, 2.45) is 0 Å². The van der Waals surface area contributed by atoms with Gasteiger partial charge in [0.1, 0.15) is 48.4 Å². The second-order valence-corrected chi connectivity index (χ2v) is 20.1. The number of nitrogens with two attached hydrogens (primary N) is 2. The number of hydrogen-bond donors (Lipinski definition) is 8. The first-order valence-electron chi connectivity index (χ1n) is 14.6. The molecule has 0 aliphatic carbocycles. The molecule has 29 heteroatoms. The van der Waals surface area contributed by atoms with Crippen molar-refractivity contribution in [3.05, 3.63) is 25.3 Å². The Balaban J connectivity index is 0.989. The molecule has 10 atom stereocenters. The second-order valence-electron chi connectivity index (χ2n) is 11.5. The number of ether oxygens (including phenoxy) is 2. The lowest BCUT2D eigenvalue weighted by Gasteiger charge is -2.22. The molecule has 51 heavy (non-hydrogen) atoms. The third-order valence-electron chi connectivity index (χ3n) is 7.65. The standard InChI is InChI=1S/C22H32N10O15P4/c23-19-17-21(27-5-25-19)31(7-29-17)15-1-11(33)13(45-15)3-43-48(35,36)9-50(39,40)47-51(41,42)10-49(37,38)44-4-14-12(34)2-16(46-14)32-8-30-18-20(24)26-6-28-22(18)32/h5-8,11-16,33-34H,1-4,9-10H2,(H,35,36)(H,37,38)(H,39,40)(H,41,42)(H2,23,25,27)(H2,24,26,28)/t11-,12-,13+,14+,15+,16+/m0/s1. The SMILES string of the molecule is Nc1ncnc2c1ncn2[C@H]1C[C@H](O)[C@@H](COP(=O)(O)CP(=O)(O)OP(=O)(O)CP(=O)(O)OC[C@H]2O[C@@H](n3cnc4c(N)ncnc43)C[C@@H]2O)O1. The summed E-state index contributed by atoms with van der Waals surface area (Å²) in [5.41, 5.74) is 12.7. The van der Waals surface area contributed by atoms with E-state index in [0.717, 1.165) is 0 Å². The molecule has 0 aromatic carbocycles. The second kappa shape index (κ2) is 14.2. The number of imidazole rings is 2. The van der Waals surface area contributed by atoms with Gasteiger partial charge in [-0.05, 0) is 0 Å². The van der Waals surface area contributed by atoms with Crippen molar-refractivity contribution >= 4 is 64.3 Å². The van der Waals surface area contributed by atoms with E-state index in [4.69, 9.17) is 30.0 Å². The van der Waals surface area contributed by atoms with Crippen molar-refractivity contribution in [2.45, 2.75) is 49.7 Å². The first kappa shape index (κ1) is 37.9. The lowest BCUT2D eigenvalue weighted by Crippen LogP contribution is -2.26. The molecule has 2 aliphatic heterocycles. The fourth-order valence-corrected chi connectivity index (χ4v) is 13.4. The zero-order valence-electron chi connectivity index (χ0n) is 25.9. The van der Waals surface area contributed by atoms with Crippen LogP contribution in [0.25, 0.3) is 22.3 Å². The normalized spacial score (nSPS) is 28.7. The maximum absolute atomic E-state index is 12.6. The third-order valence-corrected chi connectivity index (χ3v) is 16.5. The summed E-state index contributed by atoms with van der Waals surface area (Å²) in [6.07, 6.45) is -1.59. The van der Waals surface area contributed by atoms with Crippen LogP contribution in [0, 0.1) is 0 Å². The van der Waals surface area contributed by atoms with E-state index in [1.54, 1.807) is 0 Å². The molecular formula is C22H32N10O15P4. The van der Waals surface area contributed by atoms with Crippen LogP contribution in [0.15, 0.2) is 25.3 Å². The average Bonchev–Trinajstić information content (AvgIpc) is 3.79. The van der Waals surface area contributed by atoms with Crippen LogP contribution in [0.5, 0.6) is 0 Å². The number of rotatable bonds is 14. The van der Waals surface area contributed by atoms with Crippen molar-refractivity contribution in [3.8, 4) is 0 Å². The van der Waals surface area contributed by atoms with E-state index < -0.39 is 92.3 Å². The monoisotopic (exact) mass is 800 g/mol. The molecule has 25 nitrogen and oxygen atoms in total. The van der Waals surface area contributed by atoms with Crippen molar-refractivity contribution in [3.63, 3.8) is 0 Å². The average molecular weight is 800 g/mol. The number of aromatic nitrogens is 8. The zero-order valence-corrected chi connectivity index (χ0v) is 29.5. The summed E-state index contributed by atoms with van der Waals surface area (Å²) in [4.78, 5) is 64.7. The Labute approximate surface area is 285 Å². The third kappa shape index (κ3) is 8.71. The van der Waals surface area contributed by atoms with Crippen molar-refractivity contribution in [1.29, 1.82) is 0 Å². The highest BCUT2D eigenvalue weighted by atomic mass is 31.3. The van der Waals surface area contributed by atoms with Gasteiger partial charge in [0.05, 0.1) is 38.1 Å². The molecule has 4 aromatic rings. The Morgan fingerprint density at radius 1 is 0.667 bits per heavy atom. The van der Waals surface area contributed by atoms with E-state index in [9.17, 15) is 48.0 Å². The first-order chi connectivity index (χ1) is 23.8. The Kier molecular flexibility index (Phi) is 10.6. The van der Waals surface area contributed by atoms with Crippen LogP contribution >= 0.6 is 30.4 Å². The molecule has 4 unspecified atom stereocenters. The molecule has 0 amide bonds. The van der Waals surface area contributed by atoms with E-state index >= 15 is 0 Å². The van der Waals surface area contributed by atoms with Gasteiger partial charge in [-0.15, -0.1) is 0 Å². The summed E-state index contributed by atoms with van der Waals surface area (Å²) >= 11 is 0. The van der Waals surface area contributed by atoms with E-state index in [1.165, 1.54) is 34.4 Å². The van der Waals surface area contributed by atoms with Crippen LogP contribution in [-0.2, 0) is 41.1 Å². The molecule has 0 bridgehead atoms. The predicted molar refractivity (Wildman–Crippen MR) is 171 cm³/mol. The molecule has 6 rings (SSSR count). The number of aliphatic hydroxyl groups excluding tert-OH is 2. The minimum absolute atomic E-state index is 0.0309. The Morgan fingerprint density at radius 2 is 1.06 bits per heavy atom. The van der Waals surface area contributed by atoms with Gasteiger partial charge < -0.3 is 59.8 Å². The molecule has 0 radical (unpaired) electrons. The van der Waals surface area contributed by atoms with Crippen LogP contribution in [0.4, 0.5) is 11.6 Å². The summed E-state index contributed by atoms with van der Waals surface area (Å²) in [5, 5.41) is 20.9. The minimum Gasteiger partial charge on any atom is -0.390 e. The molecule has 2 aliphatic rings. The smallest absolute Gasteiger partial charge is 0.347 e. The fraction of sp³-hybridized carbons (Fsp3) is 0.545. The Hall–Kier alpha value is -2.82. The molecule has 2 saturated heterocycles. The summed E-state index contributed by atoms with van der Waals surface area (Å²) in [5.74, 6) is -3.21. The van der Waals surface area contributed by atoms with Crippen molar-refractivity contribution in [1.82, 2.24) is 39.0 Å². The van der Waals surface area contributed by atoms with Crippen LogP contribution in [0.1, 0.15) is 25.3 Å². The van der Waals surface area contributed by atoms with E-state index in [2.05, 4.69) is 34.2 Å². The van der Waals surface area contributed by atoms with Crippen molar-refractivity contribution < 1.29 is 70.9 Å². The van der Waals surface area contributed by atoms with Crippen LogP contribution < -0.4 is 11.5 Å². The molecule has 0 saturated carbocycles. The lowest BCUT2D eigenvalue weighted by atomic mass is 10.2. The molecule has 10 N–H and O–H groups in total. The van der Waals surface area contributed by atoms with E-state index in [-0.39, 0.29) is 35.5 Å². The number of hydrogen-bond acceptors (Lipinski definition) is 19. The van der Waals surface area contributed by atoms with Crippen molar-refractivity contribution in [2.75, 3.05) is 36.5 Å². The number of anilines is 2. The summed E-state index contributed by atoms with van der Waals surface area (Å²) in [7, 11) is -21.1. The molecule has 280 valence electrons. The zero-order chi connectivity index (χ0) is 36.9. The highest BCUT2D eigenvalue weighted by Gasteiger charge is 2.45. The topological polar surface area (TPSA) is 375 Å². The van der Waals surface area contributed by atoms with Crippen LogP contribution in [-0.4, -0.2) is 118 Å². The molecular weight excluding hydrogens is 768 g/mol. The number of nitrogen functional groups attached to an aromatic ring is 2. The molecule has 0 spiro atoms. The van der Waals surface area contributed by atoms with Gasteiger partial charge in [0, 0.05) is 12.8 Å². The van der Waals surface area contributed by atoms with Gasteiger partial charge in [0.2, 0.25) is 0 Å². The quantitative estimate of drug-likeness (QED) is 0.0767. The van der Waals surface area contributed by atoms with Gasteiger partial charge in [0.25, 0.3) is 0 Å². The largest absolute Gasteiger partial charge is 0.390 e. The number of nitrogens with zero attached hydrogens (tertiary/aromatic N) is 8. The number of aliphatic hydroxyl groups is 2. The maximum atomic E-state index is 12.6. The van der Waals surface area contributed by atoms with Gasteiger partial charge in [-0.3, -0.25) is 27.4 Å². The Bertz CT molecular complexity index is 1970. The molecule has 6 heterocycles. The van der Waals surface area contributed by atoms with Gasteiger partial charge in [-0.1, -0.05) is 0 Å². The van der Waals surface area contributed by atoms with E-state index in [0.29, 0.717) is 11.3 Å². The highest BCUT2D eigenvalue weighted by molar-refractivity contribution is 7.78. The lowest BCUT2D eigenvalue weighted by molar-refractivity contribution is -0.0395. The number of fused-ring (bicyclic) bond motifs is 2.